The van der Waals surface area contributed by atoms with Crippen molar-refractivity contribution in [1.82, 2.24) is 4.90 Å². The molecule has 90 valence electrons. The molecule has 1 heterocycles. The zero-order valence-electron chi connectivity index (χ0n) is 9.85. The Morgan fingerprint density at radius 2 is 2.06 bits per heavy atom. The smallest absolute Gasteiger partial charge is 0.261 e. The molecular formula is C13H16N2O2. The van der Waals surface area contributed by atoms with E-state index >= 15 is 0 Å². The van der Waals surface area contributed by atoms with Crippen molar-refractivity contribution >= 4 is 11.8 Å². The van der Waals surface area contributed by atoms with Crippen LogP contribution in [-0.2, 0) is 11.2 Å². The molecule has 1 aromatic rings. The first-order valence-corrected chi connectivity index (χ1v) is 5.79. The van der Waals surface area contributed by atoms with Gasteiger partial charge < -0.3 is 5.73 Å². The number of fused-ring (bicyclic) bond motifs is 1. The van der Waals surface area contributed by atoms with Crippen LogP contribution in [0.3, 0.4) is 0 Å². The van der Waals surface area contributed by atoms with Crippen molar-refractivity contribution in [3.05, 3.63) is 35.4 Å². The molecule has 4 heteroatoms. The number of amides is 2. The van der Waals surface area contributed by atoms with Crippen molar-refractivity contribution in [2.75, 3.05) is 6.54 Å². The van der Waals surface area contributed by atoms with Gasteiger partial charge in [-0.25, -0.2) is 0 Å². The summed E-state index contributed by atoms with van der Waals surface area (Å²) >= 11 is 0. The third kappa shape index (κ3) is 2.08. The summed E-state index contributed by atoms with van der Waals surface area (Å²) in [6.45, 7) is 2.33. The van der Waals surface area contributed by atoms with E-state index in [-0.39, 0.29) is 17.9 Å². The van der Waals surface area contributed by atoms with E-state index in [0.29, 0.717) is 24.9 Å². The third-order valence-corrected chi connectivity index (χ3v) is 3.10. The van der Waals surface area contributed by atoms with E-state index in [1.165, 1.54) is 4.90 Å². The normalized spacial score (nSPS) is 16.9. The Balaban J connectivity index is 2.33. The summed E-state index contributed by atoms with van der Waals surface area (Å²) in [4.78, 5) is 25.5. The summed E-state index contributed by atoms with van der Waals surface area (Å²) in [5.41, 5.74) is 6.93. The maximum absolute atomic E-state index is 12.2. The van der Waals surface area contributed by atoms with E-state index < -0.39 is 0 Å². The van der Waals surface area contributed by atoms with Crippen LogP contribution < -0.4 is 5.73 Å². The van der Waals surface area contributed by atoms with E-state index in [0.717, 1.165) is 5.56 Å². The van der Waals surface area contributed by atoms with Crippen molar-refractivity contribution in [1.29, 1.82) is 0 Å². The van der Waals surface area contributed by atoms with Crippen molar-refractivity contribution in [3.8, 4) is 0 Å². The zero-order chi connectivity index (χ0) is 12.4. The maximum atomic E-state index is 12.2. The van der Waals surface area contributed by atoms with E-state index in [4.69, 9.17) is 5.73 Å². The number of hydrogen-bond donors (Lipinski definition) is 1. The van der Waals surface area contributed by atoms with Crippen LogP contribution in [0.25, 0.3) is 0 Å². The fourth-order valence-corrected chi connectivity index (χ4v) is 2.19. The van der Waals surface area contributed by atoms with Crippen molar-refractivity contribution in [2.24, 2.45) is 5.73 Å². The monoisotopic (exact) mass is 232 g/mol. The van der Waals surface area contributed by atoms with Gasteiger partial charge in [-0.15, -0.1) is 0 Å². The Labute approximate surface area is 100 Å². The van der Waals surface area contributed by atoms with Gasteiger partial charge in [0, 0.05) is 11.6 Å². The summed E-state index contributed by atoms with van der Waals surface area (Å²) in [6.07, 6.45) is 0.941. The first-order valence-electron chi connectivity index (χ1n) is 5.79. The first-order chi connectivity index (χ1) is 8.15. The molecule has 1 unspecified atom stereocenters. The number of nitrogens with two attached hydrogens (primary N) is 1. The number of hydrogen-bond acceptors (Lipinski definition) is 3. The summed E-state index contributed by atoms with van der Waals surface area (Å²) < 4.78 is 0. The van der Waals surface area contributed by atoms with Gasteiger partial charge in [0.25, 0.3) is 5.91 Å². The highest BCUT2D eigenvalue weighted by molar-refractivity contribution is 6.09. The molecule has 0 saturated carbocycles. The Morgan fingerprint density at radius 1 is 1.35 bits per heavy atom. The average molecular weight is 232 g/mol. The van der Waals surface area contributed by atoms with Crippen LogP contribution in [0, 0.1) is 0 Å². The minimum atomic E-state index is -0.196. The number of nitrogens with zero attached hydrogens (tertiary/aromatic N) is 1. The molecule has 2 N–H and O–H groups in total. The Bertz CT molecular complexity index is 456. The van der Waals surface area contributed by atoms with Gasteiger partial charge in [0.1, 0.15) is 0 Å². The highest BCUT2D eigenvalue weighted by atomic mass is 16.2. The molecule has 2 amide bonds. The standard InChI is InChI=1S/C13H16N2O2/c1-9(6-7-14)15-12(16)8-10-4-2-3-5-11(10)13(15)17/h2-5,9H,6-8,14H2,1H3. The van der Waals surface area contributed by atoms with Crippen LogP contribution in [0.15, 0.2) is 24.3 Å². The van der Waals surface area contributed by atoms with Crippen LogP contribution in [0.5, 0.6) is 0 Å². The first kappa shape index (κ1) is 11.8. The minimum absolute atomic E-state index is 0.130. The molecule has 0 bridgehead atoms. The highest BCUT2D eigenvalue weighted by Crippen LogP contribution is 2.22. The molecule has 1 atom stereocenters. The van der Waals surface area contributed by atoms with E-state index in [9.17, 15) is 9.59 Å². The summed E-state index contributed by atoms with van der Waals surface area (Å²) in [5, 5.41) is 0. The van der Waals surface area contributed by atoms with E-state index in [1.54, 1.807) is 6.07 Å². The Morgan fingerprint density at radius 3 is 2.76 bits per heavy atom. The lowest BCUT2D eigenvalue weighted by Crippen LogP contribution is -2.48. The number of carbonyl (C=O) groups excluding carboxylic acids is 2. The zero-order valence-corrected chi connectivity index (χ0v) is 9.85. The molecule has 1 aliphatic heterocycles. The van der Waals surface area contributed by atoms with Crippen LogP contribution in [0.2, 0.25) is 0 Å². The van der Waals surface area contributed by atoms with Crippen LogP contribution in [0.4, 0.5) is 0 Å². The number of imide groups is 1. The molecule has 0 fully saturated rings. The lowest BCUT2D eigenvalue weighted by atomic mass is 9.97. The minimum Gasteiger partial charge on any atom is -0.330 e. The second-order valence-corrected chi connectivity index (χ2v) is 4.33. The van der Waals surface area contributed by atoms with Gasteiger partial charge in [-0.3, -0.25) is 14.5 Å². The van der Waals surface area contributed by atoms with Gasteiger partial charge in [0.05, 0.1) is 6.42 Å². The van der Waals surface area contributed by atoms with Gasteiger partial charge in [-0.2, -0.15) is 0 Å². The molecule has 0 aromatic heterocycles. The van der Waals surface area contributed by atoms with Crippen molar-refractivity contribution in [3.63, 3.8) is 0 Å². The Kier molecular flexibility index (Phi) is 3.24. The molecule has 2 rings (SSSR count). The van der Waals surface area contributed by atoms with Gasteiger partial charge >= 0.3 is 0 Å². The predicted octanol–water partition coefficient (Wildman–Crippen LogP) is 0.949. The van der Waals surface area contributed by atoms with Crippen molar-refractivity contribution in [2.45, 2.75) is 25.8 Å². The lowest BCUT2D eigenvalue weighted by Gasteiger charge is -2.31. The predicted molar refractivity (Wildman–Crippen MR) is 64.5 cm³/mol. The SMILES string of the molecule is CC(CCN)N1C(=O)Cc2ccccc2C1=O. The topological polar surface area (TPSA) is 63.4 Å². The molecule has 4 nitrogen and oxygen atoms in total. The van der Waals surface area contributed by atoms with Crippen LogP contribution in [-0.4, -0.2) is 29.3 Å². The molecule has 1 aromatic carbocycles. The molecule has 0 radical (unpaired) electrons. The summed E-state index contributed by atoms with van der Waals surface area (Å²) in [5.74, 6) is -0.326. The third-order valence-electron chi connectivity index (χ3n) is 3.10. The number of benzene rings is 1. The number of carbonyl (C=O) groups is 2. The molecular weight excluding hydrogens is 216 g/mol. The fraction of sp³-hybridized carbons (Fsp3) is 0.385. The summed E-state index contributed by atoms with van der Waals surface area (Å²) in [7, 11) is 0. The largest absolute Gasteiger partial charge is 0.330 e. The quantitative estimate of drug-likeness (QED) is 0.789. The van der Waals surface area contributed by atoms with Gasteiger partial charge in [0.15, 0.2) is 0 Å². The summed E-state index contributed by atoms with van der Waals surface area (Å²) in [6, 6.07) is 7.13. The Hall–Kier alpha value is -1.68. The van der Waals surface area contributed by atoms with Gasteiger partial charge in [-0.1, -0.05) is 18.2 Å². The lowest BCUT2D eigenvalue weighted by molar-refractivity contribution is -0.130. The fourth-order valence-electron chi connectivity index (χ4n) is 2.19. The molecule has 17 heavy (non-hydrogen) atoms. The maximum Gasteiger partial charge on any atom is 0.261 e. The van der Waals surface area contributed by atoms with E-state index in [1.807, 2.05) is 25.1 Å². The average Bonchev–Trinajstić information content (AvgIpc) is 2.29. The van der Waals surface area contributed by atoms with Gasteiger partial charge in [-0.05, 0) is 31.5 Å². The van der Waals surface area contributed by atoms with Crippen LogP contribution >= 0.6 is 0 Å². The second kappa shape index (κ2) is 4.67. The molecule has 0 saturated heterocycles. The van der Waals surface area contributed by atoms with E-state index in [2.05, 4.69) is 0 Å². The van der Waals surface area contributed by atoms with Crippen molar-refractivity contribution < 1.29 is 9.59 Å². The van der Waals surface area contributed by atoms with Gasteiger partial charge in [0.2, 0.25) is 5.91 Å². The molecule has 0 spiro atoms. The molecule has 0 aliphatic carbocycles. The number of rotatable bonds is 3. The molecule has 1 aliphatic rings. The second-order valence-electron chi connectivity index (χ2n) is 4.33. The highest BCUT2D eigenvalue weighted by Gasteiger charge is 2.33. The van der Waals surface area contributed by atoms with Crippen LogP contribution in [0.1, 0.15) is 29.3 Å².